The number of para-hydroxylation sites is 2. The molecule has 0 radical (unpaired) electrons. The fourth-order valence-electron chi connectivity index (χ4n) is 5.93. The molecular weight excluding hydrogens is 532 g/mol. The Morgan fingerprint density at radius 2 is 1.80 bits per heavy atom. The van der Waals surface area contributed by atoms with Crippen LogP contribution in [0.25, 0.3) is 16.9 Å². The molecule has 3 aliphatic heterocycles. The van der Waals surface area contributed by atoms with Crippen molar-refractivity contribution < 1.29 is 23.4 Å². The summed E-state index contributed by atoms with van der Waals surface area (Å²) < 4.78 is 36.0. The Hall–Kier alpha value is -3.64. The predicted molar refractivity (Wildman–Crippen MR) is 150 cm³/mol. The Labute approximate surface area is 237 Å². The first-order valence-electron chi connectivity index (χ1n) is 14.3. The Kier molecular flexibility index (Phi) is 7.85. The number of morpholine rings is 1. The molecule has 41 heavy (non-hydrogen) atoms. The maximum Gasteiger partial charge on any atom is 0.296 e. The number of hydrogen-bond donors (Lipinski definition) is 1. The molecule has 5 heterocycles. The van der Waals surface area contributed by atoms with Gasteiger partial charge in [0.05, 0.1) is 36.8 Å². The van der Waals surface area contributed by atoms with E-state index in [0.29, 0.717) is 80.9 Å². The highest BCUT2D eigenvalue weighted by atomic mass is 19.3. The molecule has 0 bridgehead atoms. The number of benzene rings is 1. The van der Waals surface area contributed by atoms with Crippen molar-refractivity contribution in [3.05, 3.63) is 47.9 Å². The van der Waals surface area contributed by atoms with E-state index in [4.69, 9.17) is 14.7 Å². The standard InChI is InChI=1S/C29H35F2N7O3/c1-19(18-39)28(40)35-12-9-20(10-13-35)37-11-5-4-6-21-25(37)33-29(36-14-16-41-17-15-36)34-26(21)38-23-8-3-2-7-22(23)32-27(38)24(30)31/h2-3,5,7-8,11,19-20,24,39H,4,6,9-10,12-18H2,1H3. The van der Waals surface area contributed by atoms with E-state index in [1.54, 1.807) is 25.1 Å². The van der Waals surface area contributed by atoms with Crippen molar-refractivity contribution in [1.29, 1.82) is 0 Å². The lowest BCUT2D eigenvalue weighted by Gasteiger charge is -2.39. The van der Waals surface area contributed by atoms with Crippen LogP contribution < -0.4 is 9.80 Å². The van der Waals surface area contributed by atoms with Gasteiger partial charge in [0.2, 0.25) is 11.9 Å². The van der Waals surface area contributed by atoms with Gasteiger partial charge in [-0.3, -0.25) is 9.36 Å². The van der Waals surface area contributed by atoms with Crippen molar-refractivity contribution in [1.82, 2.24) is 24.4 Å². The Morgan fingerprint density at radius 3 is 2.54 bits per heavy atom. The van der Waals surface area contributed by atoms with Gasteiger partial charge in [0.15, 0.2) is 5.82 Å². The van der Waals surface area contributed by atoms with Gasteiger partial charge in [-0.25, -0.2) is 13.8 Å². The third-order valence-electron chi connectivity index (χ3n) is 8.18. The molecule has 12 heteroatoms. The summed E-state index contributed by atoms with van der Waals surface area (Å²) in [6.07, 6.45) is 4.07. The number of allylic oxidation sites excluding steroid dienone is 1. The van der Waals surface area contributed by atoms with Crippen molar-refractivity contribution in [2.45, 2.75) is 45.1 Å². The van der Waals surface area contributed by atoms with Gasteiger partial charge in [0, 0.05) is 44.0 Å². The largest absolute Gasteiger partial charge is 0.396 e. The number of carbonyl (C=O) groups is 1. The van der Waals surface area contributed by atoms with E-state index in [1.807, 2.05) is 22.1 Å². The Morgan fingerprint density at radius 1 is 1.07 bits per heavy atom. The number of rotatable bonds is 6. The molecular formula is C29H35F2N7O3. The molecule has 2 fully saturated rings. The van der Waals surface area contributed by atoms with E-state index in [1.165, 1.54) is 4.57 Å². The number of ether oxygens (including phenoxy) is 1. The van der Waals surface area contributed by atoms with E-state index >= 15 is 0 Å². The molecule has 6 rings (SSSR count). The molecule has 0 saturated carbocycles. The molecule has 1 amide bonds. The number of aliphatic hydroxyl groups excluding tert-OH is 1. The van der Waals surface area contributed by atoms with Crippen LogP contribution in [0, 0.1) is 5.92 Å². The summed E-state index contributed by atoms with van der Waals surface area (Å²) in [5.41, 5.74) is 1.86. The van der Waals surface area contributed by atoms with Gasteiger partial charge in [-0.15, -0.1) is 0 Å². The second-order valence-corrected chi connectivity index (χ2v) is 10.8. The highest BCUT2D eigenvalue weighted by Gasteiger charge is 2.33. The van der Waals surface area contributed by atoms with Crippen molar-refractivity contribution >= 4 is 28.7 Å². The number of piperidine rings is 1. The highest BCUT2D eigenvalue weighted by molar-refractivity contribution is 5.80. The van der Waals surface area contributed by atoms with Gasteiger partial charge in [-0.05, 0) is 37.8 Å². The third-order valence-corrected chi connectivity index (χ3v) is 8.18. The van der Waals surface area contributed by atoms with Crippen LogP contribution in [0.4, 0.5) is 20.5 Å². The smallest absolute Gasteiger partial charge is 0.296 e. The number of hydrogen-bond acceptors (Lipinski definition) is 8. The SMILES string of the molecule is CC(CO)C(=O)N1CCC(N2C=CCCc3c2nc(N2CCOCC2)nc3-n2c(C(F)F)nc3ccccc32)CC1. The number of alkyl halides is 2. The molecule has 1 atom stereocenters. The molecule has 2 aromatic heterocycles. The van der Waals surface area contributed by atoms with Crippen LogP contribution in [0.15, 0.2) is 36.5 Å². The van der Waals surface area contributed by atoms with Gasteiger partial charge >= 0.3 is 0 Å². The van der Waals surface area contributed by atoms with E-state index < -0.39 is 12.3 Å². The number of nitrogens with zero attached hydrogens (tertiary/aromatic N) is 7. The first-order valence-corrected chi connectivity index (χ1v) is 14.3. The van der Waals surface area contributed by atoms with Gasteiger partial charge in [0.25, 0.3) is 6.43 Å². The van der Waals surface area contributed by atoms with E-state index in [9.17, 15) is 18.7 Å². The number of likely N-dealkylation sites (tertiary alicyclic amines) is 1. The minimum Gasteiger partial charge on any atom is -0.396 e. The lowest BCUT2D eigenvalue weighted by Crippen LogP contribution is -2.47. The fraction of sp³-hybridized carbons (Fsp3) is 0.517. The lowest BCUT2D eigenvalue weighted by molar-refractivity contribution is -0.137. The van der Waals surface area contributed by atoms with E-state index in [-0.39, 0.29) is 24.4 Å². The number of aliphatic hydroxyl groups is 1. The van der Waals surface area contributed by atoms with Gasteiger partial charge in [0.1, 0.15) is 11.6 Å². The van der Waals surface area contributed by atoms with E-state index in [2.05, 4.69) is 16.0 Å². The second kappa shape index (κ2) is 11.7. The zero-order valence-electron chi connectivity index (χ0n) is 23.1. The molecule has 1 unspecified atom stereocenters. The Balaban J connectivity index is 1.45. The van der Waals surface area contributed by atoms with Crippen LogP contribution in [0.2, 0.25) is 0 Å². The van der Waals surface area contributed by atoms with Crippen molar-refractivity contribution in [2.24, 2.45) is 5.92 Å². The minimum absolute atomic E-state index is 0.0384. The Bertz CT molecular complexity index is 1430. The number of amides is 1. The summed E-state index contributed by atoms with van der Waals surface area (Å²) >= 11 is 0. The van der Waals surface area contributed by atoms with Crippen LogP contribution in [0.5, 0.6) is 0 Å². The number of anilines is 2. The van der Waals surface area contributed by atoms with Crippen molar-refractivity contribution in [3.63, 3.8) is 0 Å². The number of aromatic nitrogens is 4. The topological polar surface area (TPSA) is 99.9 Å². The summed E-state index contributed by atoms with van der Waals surface area (Å²) in [5, 5.41) is 9.45. The summed E-state index contributed by atoms with van der Waals surface area (Å²) in [6, 6.07) is 7.20. The maximum absolute atomic E-state index is 14.4. The molecule has 218 valence electrons. The maximum atomic E-state index is 14.4. The highest BCUT2D eigenvalue weighted by Crippen LogP contribution is 2.37. The molecule has 10 nitrogen and oxygen atoms in total. The zero-order chi connectivity index (χ0) is 28.5. The molecule has 0 aliphatic carbocycles. The molecule has 3 aromatic rings. The van der Waals surface area contributed by atoms with Gasteiger partial charge in [-0.1, -0.05) is 25.1 Å². The fourth-order valence-corrected chi connectivity index (χ4v) is 5.93. The molecule has 1 aromatic carbocycles. The van der Waals surface area contributed by atoms with Crippen LogP contribution in [-0.4, -0.2) is 87.5 Å². The van der Waals surface area contributed by atoms with Gasteiger partial charge < -0.3 is 24.5 Å². The average molecular weight is 568 g/mol. The summed E-state index contributed by atoms with van der Waals surface area (Å²) in [7, 11) is 0. The molecule has 0 spiro atoms. The van der Waals surface area contributed by atoms with E-state index in [0.717, 1.165) is 18.4 Å². The first kappa shape index (κ1) is 27.5. The molecule has 2 saturated heterocycles. The molecule has 1 N–H and O–H groups in total. The van der Waals surface area contributed by atoms with Crippen LogP contribution in [0.3, 0.4) is 0 Å². The summed E-state index contributed by atoms with van der Waals surface area (Å²) in [6.45, 7) is 4.99. The average Bonchev–Trinajstić information content (AvgIpc) is 3.27. The van der Waals surface area contributed by atoms with Crippen molar-refractivity contribution in [3.8, 4) is 5.82 Å². The minimum atomic E-state index is -2.79. The number of fused-ring (bicyclic) bond motifs is 2. The van der Waals surface area contributed by atoms with Crippen LogP contribution in [0.1, 0.15) is 44.0 Å². The van der Waals surface area contributed by atoms with Crippen LogP contribution >= 0.6 is 0 Å². The third kappa shape index (κ3) is 5.26. The van der Waals surface area contributed by atoms with Crippen molar-refractivity contribution in [2.75, 3.05) is 55.8 Å². The molecule has 3 aliphatic rings. The first-order chi connectivity index (χ1) is 20.0. The van der Waals surface area contributed by atoms with Crippen LogP contribution in [-0.2, 0) is 16.0 Å². The monoisotopic (exact) mass is 567 g/mol. The number of halogens is 2. The zero-order valence-corrected chi connectivity index (χ0v) is 23.1. The lowest BCUT2D eigenvalue weighted by atomic mass is 10.0. The number of imidazole rings is 1. The second-order valence-electron chi connectivity index (χ2n) is 10.8. The predicted octanol–water partition coefficient (Wildman–Crippen LogP) is 3.48. The summed E-state index contributed by atoms with van der Waals surface area (Å²) in [5.74, 6) is 0.808. The number of carbonyl (C=O) groups excluding carboxylic acids is 1. The quantitative estimate of drug-likeness (QED) is 0.484. The normalized spacial score (nSPS) is 19.1. The summed E-state index contributed by atoms with van der Waals surface area (Å²) in [4.78, 5) is 33.0. The van der Waals surface area contributed by atoms with Gasteiger partial charge in [-0.2, -0.15) is 9.97 Å².